The Morgan fingerprint density at radius 3 is 2.76 bits per heavy atom. The Hall–Kier alpha value is -0.980. The van der Waals surface area contributed by atoms with Gasteiger partial charge in [0.15, 0.2) is 0 Å². The molecule has 1 atom stereocenters. The van der Waals surface area contributed by atoms with Gasteiger partial charge in [-0.1, -0.05) is 12.1 Å². The van der Waals surface area contributed by atoms with Crippen LogP contribution in [0, 0.1) is 5.82 Å². The number of rotatable bonds is 6. The fourth-order valence-corrected chi connectivity index (χ4v) is 1.94. The van der Waals surface area contributed by atoms with Crippen molar-refractivity contribution in [1.82, 2.24) is 5.32 Å². The minimum Gasteiger partial charge on any atom is -0.313 e. The maximum absolute atomic E-state index is 12.9. The molecule has 0 aliphatic carbocycles. The van der Waals surface area contributed by atoms with Crippen LogP contribution in [0.15, 0.2) is 24.3 Å². The molecule has 0 amide bonds. The zero-order chi connectivity index (χ0) is 12.9. The Bertz CT molecular complexity index is 462. The molecule has 0 bridgehead atoms. The molecule has 3 N–H and O–H groups in total. The summed E-state index contributed by atoms with van der Waals surface area (Å²) in [6, 6.07) is 6.42. The van der Waals surface area contributed by atoms with Crippen molar-refractivity contribution >= 4 is 10.0 Å². The van der Waals surface area contributed by atoms with Gasteiger partial charge in [-0.15, -0.1) is 0 Å². The van der Waals surface area contributed by atoms with E-state index in [1.165, 1.54) is 12.1 Å². The molecule has 0 saturated heterocycles. The molecular formula is C11H17FN2O2S. The molecule has 1 unspecified atom stereocenters. The number of primary sulfonamides is 1. The summed E-state index contributed by atoms with van der Waals surface area (Å²) in [7, 11) is -3.42. The molecule has 1 aromatic carbocycles. The van der Waals surface area contributed by atoms with Gasteiger partial charge in [-0.25, -0.2) is 17.9 Å². The highest BCUT2D eigenvalue weighted by Gasteiger charge is 2.06. The average Bonchev–Trinajstić information content (AvgIpc) is 2.15. The van der Waals surface area contributed by atoms with Crippen molar-refractivity contribution in [3.63, 3.8) is 0 Å². The first-order chi connectivity index (χ1) is 7.87. The van der Waals surface area contributed by atoms with Gasteiger partial charge >= 0.3 is 0 Å². The number of hydrogen-bond acceptors (Lipinski definition) is 3. The summed E-state index contributed by atoms with van der Waals surface area (Å²) in [5.74, 6) is -0.361. The number of halogens is 1. The van der Waals surface area contributed by atoms with Gasteiger partial charge in [0.25, 0.3) is 0 Å². The van der Waals surface area contributed by atoms with Crippen LogP contribution in [0.3, 0.4) is 0 Å². The lowest BCUT2D eigenvalue weighted by Crippen LogP contribution is -2.34. The Morgan fingerprint density at radius 1 is 1.47 bits per heavy atom. The van der Waals surface area contributed by atoms with Crippen molar-refractivity contribution in [3.05, 3.63) is 35.6 Å². The zero-order valence-electron chi connectivity index (χ0n) is 9.69. The topological polar surface area (TPSA) is 72.2 Å². The summed E-state index contributed by atoms with van der Waals surface area (Å²) >= 11 is 0. The number of benzene rings is 1. The van der Waals surface area contributed by atoms with Crippen molar-refractivity contribution in [3.8, 4) is 0 Å². The molecule has 0 aliphatic heterocycles. The highest BCUT2D eigenvalue weighted by molar-refractivity contribution is 7.89. The van der Waals surface area contributed by atoms with Gasteiger partial charge in [-0.3, -0.25) is 0 Å². The Morgan fingerprint density at radius 2 is 2.18 bits per heavy atom. The molecule has 1 aromatic rings. The maximum Gasteiger partial charge on any atom is 0.210 e. The van der Waals surface area contributed by atoms with E-state index in [4.69, 9.17) is 5.14 Å². The lowest BCUT2D eigenvalue weighted by Gasteiger charge is -2.13. The zero-order valence-corrected chi connectivity index (χ0v) is 10.5. The standard InChI is InChI=1S/C11H17FN2O2S/c1-9(14-5-6-17(13,15)16)7-10-3-2-4-11(12)8-10/h2-4,8-9,14H,5-7H2,1H3,(H2,13,15,16). The average molecular weight is 260 g/mol. The summed E-state index contributed by atoms with van der Waals surface area (Å²) in [6.45, 7) is 2.21. The Labute approximate surface area is 101 Å². The number of sulfonamides is 1. The van der Waals surface area contributed by atoms with Crippen molar-refractivity contribution in [2.75, 3.05) is 12.3 Å². The number of hydrogen-bond donors (Lipinski definition) is 2. The third-order valence-corrected chi connectivity index (χ3v) is 3.08. The molecule has 0 spiro atoms. The third-order valence-electron chi connectivity index (χ3n) is 2.31. The molecule has 4 nitrogen and oxygen atoms in total. The third kappa shape index (κ3) is 6.35. The first kappa shape index (κ1) is 14.1. The molecule has 0 radical (unpaired) electrons. The van der Waals surface area contributed by atoms with Gasteiger partial charge in [0, 0.05) is 12.6 Å². The molecule has 0 heterocycles. The molecule has 6 heteroatoms. The van der Waals surface area contributed by atoms with Crippen LogP contribution < -0.4 is 10.5 Å². The maximum atomic E-state index is 12.9. The number of nitrogens with one attached hydrogen (secondary N) is 1. The van der Waals surface area contributed by atoms with E-state index in [1.54, 1.807) is 6.07 Å². The van der Waals surface area contributed by atoms with Crippen LogP contribution in [0.4, 0.5) is 4.39 Å². The normalized spacial score (nSPS) is 13.6. The Kier molecular flexibility index (Phi) is 5.04. The van der Waals surface area contributed by atoms with Gasteiger partial charge in [0.05, 0.1) is 5.75 Å². The molecule has 0 fully saturated rings. The van der Waals surface area contributed by atoms with Gasteiger partial charge in [0.1, 0.15) is 5.82 Å². The van der Waals surface area contributed by atoms with Crippen LogP contribution >= 0.6 is 0 Å². The fourth-order valence-electron chi connectivity index (χ4n) is 1.54. The molecule has 1 rings (SSSR count). The van der Waals surface area contributed by atoms with E-state index < -0.39 is 10.0 Å². The predicted octanol–water partition coefficient (Wildman–Crippen LogP) is 0.635. The van der Waals surface area contributed by atoms with Gasteiger partial charge in [0.2, 0.25) is 10.0 Å². The quantitative estimate of drug-likeness (QED) is 0.788. The fraction of sp³-hybridized carbons (Fsp3) is 0.455. The highest BCUT2D eigenvalue weighted by Crippen LogP contribution is 2.06. The molecule has 96 valence electrons. The van der Waals surface area contributed by atoms with Crippen molar-refractivity contribution in [2.24, 2.45) is 5.14 Å². The van der Waals surface area contributed by atoms with E-state index in [-0.39, 0.29) is 17.6 Å². The smallest absolute Gasteiger partial charge is 0.210 e. The van der Waals surface area contributed by atoms with Crippen LogP contribution in [0.25, 0.3) is 0 Å². The van der Waals surface area contributed by atoms with Crippen LogP contribution in [0.5, 0.6) is 0 Å². The van der Waals surface area contributed by atoms with Gasteiger partial charge in [-0.05, 0) is 31.0 Å². The number of nitrogens with two attached hydrogens (primary N) is 1. The monoisotopic (exact) mass is 260 g/mol. The largest absolute Gasteiger partial charge is 0.313 e. The Balaban J connectivity index is 2.37. The summed E-state index contributed by atoms with van der Waals surface area (Å²) in [5.41, 5.74) is 0.876. The first-order valence-electron chi connectivity index (χ1n) is 5.35. The highest BCUT2D eigenvalue weighted by atomic mass is 32.2. The summed E-state index contributed by atoms with van der Waals surface area (Å²) in [4.78, 5) is 0. The lowest BCUT2D eigenvalue weighted by molar-refractivity contribution is 0.552. The van der Waals surface area contributed by atoms with E-state index in [2.05, 4.69) is 5.32 Å². The van der Waals surface area contributed by atoms with E-state index in [1.807, 2.05) is 13.0 Å². The van der Waals surface area contributed by atoms with E-state index in [0.717, 1.165) is 5.56 Å². The van der Waals surface area contributed by atoms with E-state index >= 15 is 0 Å². The van der Waals surface area contributed by atoms with Crippen molar-refractivity contribution < 1.29 is 12.8 Å². The van der Waals surface area contributed by atoms with Crippen LogP contribution in [-0.2, 0) is 16.4 Å². The second kappa shape index (κ2) is 6.09. The summed E-state index contributed by atoms with van der Waals surface area (Å²) in [5, 5.41) is 7.90. The molecule has 0 saturated carbocycles. The van der Waals surface area contributed by atoms with Crippen LogP contribution in [0.1, 0.15) is 12.5 Å². The minimum absolute atomic E-state index is 0.0681. The van der Waals surface area contributed by atoms with Crippen molar-refractivity contribution in [2.45, 2.75) is 19.4 Å². The second-order valence-corrected chi connectivity index (χ2v) is 5.79. The van der Waals surface area contributed by atoms with E-state index in [0.29, 0.717) is 13.0 Å². The first-order valence-corrected chi connectivity index (χ1v) is 7.06. The van der Waals surface area contributed by atoms with Crippen LogP contribution in [-0.4, -0.2) is 26.8 Å². The molecule has 17 heavy (non-hydrogen) atoms. The van der Waals surface area contributed by atoms with E-state index in [9.17, 15) is 12.8 Å². The van der Waals surface area contributed by atoms with Gasteiger partial charge in [-0.2, -0.15) is 0 Å². The molecular weight excluding hydrogens is 243 g/mol. The predicted molar refractivity (Wildman–Crippen MR) is 65.5 cm³/mol. The van der Waals surface area contributed by atoms with Crippen molar-refractivity contribution in [1.29, 1.82) is 0 Å². The lowest BCUT2D eigenvalue weighted by atomic mass is 10.1. The minimum atomic E-state index is -3.42. The second-order valence-electron chi connectivity index (χ2n) is 4.06. The molecule has 0 aliphatic rings. The summed E-state index contributed by atoms with van der Waals surface area (Å²) < 4.78 is 34.3. The molecule has 0 aromatic heterocycles. The summed E-state index contributed by atoms with van der Waals surface area (Å²) in [6.07, 6.45) is 0.641. The SMILES string of the molecule is CC(Cc1cccc(F)c1)NCCS(N)(=O)=O. The van der Waals surface area contributed by atoms with Gasteiger partial charge < -0.3 is 5.32 Å². The van der Waals surface area contributed by atoms with Crippen LogP contribution in [0.2, 0.25) is 0 Å².